The molecule has 0 amide bonds. The second kappa shape index (κ2) is 10.7. The van der Waals surface area contributed by atoms with Gasteiger partial charge in [-0.25, -0.2) is 18.4 Å². The molecule has 2 aliphatic rings. The highest BCUT2D eigenvalue weighted by Gasteiger charge is 2.18. The number of benzene rings is 1. The molecule has 0 aliphatic carbocycles. The summed E-state index contributed by atoms with van der Waals surface area (Å²) < 4.78 is 25.3. The molecule has 34 heavy (non-hydrogen) atoms. The van der Waals surface area contributed by atoms with Crippen LogP contribution in [0.15, 0.2) is 24.3 Å². The number of nitrogens with zero attached hydrogens (tertiary/aromatic N) is 7. The van der Waals surface area contributed by atoms with Crippen LogP contribution in [0.3, 0.4) is 0 Å². The molecule has 0 atom stereocenters. The minimum absolute atomic E-state index is 0.382. The smallest absolute Gasteiger partial charge is 0.244 e. The van der Waals surface area contributed by atoms with Gasteiger partial charge in [0.05, 0.1) is 6.26 Å². The maximum Gasteiger partial charge on any atom is 0.244 e. The van der Waals surface area contributed by atoms with Crippen LogP contribution in [-0.4, -0.2) is 116 Å². The lowest BCUT2D eigenvalue weighted by Crippen LogP contribution is -2.48. The van der Waals surface area contributed by atoms with Crippen LogP contribution in [0.4, 0.5) is 29.2 Å². The van der Waals surface area contributed by atoms with Gasteiger partial charge in [0, 0.05) is 63.7 Å². The first-order valence-corrected chi connectivity index (χ1v) is 13.1. The minimum Gasteiger partial charge on any atom is -0.324 e. The minimum atomic E-state index is -3.33. The Bertz CT molecular complexity index is 1010. The summed E-state index contributed by atoms with van der Waals surface area (Å²) in [6.45, 7) is 7.30. The van der Waals surface area contributed by atoms with E-state index in [0.29, 0.717) is 23.5 Å². The number of hydrogen-bond donors (Lipinski definition) is 4. The van der Waals surface area contributed by atoms with Crippen molar-refractivity contribution in [2.24, 2.45) is 0 Å². The molecule has 3 heterocycles. The summed E-state index contributed by atoms with van der Waals surface area (Å²) in [5.74, 6) is 1.29. The largest absolute Gasteiger partial charge is 0.324 e. The van der Waals surface area contributed by atoms with Crippen molar-refractivity contribution in [3.63, 3.8) is 0 Å². The van der Waals surface area contributed by atoms with E-state index in [0.717, 1.165) is 64.3 Å². The van der Waals surface area contributed by atoms with Crippen LogP contribution in [-0.2, 0) is 10.0 Å². The Balaban J connectivity index is 1.50. The summed E-state index contributed by atoms with van der Waals surface area (Å²) >= 11 is 0. The van der Waals surface area contributed by atoms with Gasteiger partial charge in [-0.05, 0) is 38.4 Å². The third-order valence-corrected chi connectivity index (χ3v) is 6.21. The van der Waals surface area contributed by atoms with Crippen molar-refractivity contribution in [3.8, 4) is 0 Å². The highest BCUT2D eigenvalue weighted by Crippen LogP contribution is 2.19. The summed E-state index contributed by atoms with van der Waals surface area (Å²) in [6, 6.07) is 6.88. The number of anilines is 5. The van der Waals surface area contributed by atoms with Gasteiger partial charge in [-0.15, -0.1) is 0 Å². The zero-order chi connectivity index (χ0) is 24.1. The maximum atomic E-state index is 11.4. The molecule has 2 aliphatic heterocycles. The first kappa shape index (κ1) is 24.3. The van der Waals surface area contributed by atoms with E-state index in [1.54, 1.807) is 24.3 Å². The normalized spacial score (nSPS) is 19.0. The molecule has 0 spiro atoms. The van der Waals surface area contributed by atoms with Crippen LogP contribution < -0.4 is 20.9 Å². The average Bonchev–Trinajstić information content (AvgIpc) is 2.77. The highest BCUT2D eigenvalue weighted by atomic mass is 32.2. The molecule has 0 bridgehead atoms. The van der Waals surface area contributed by atoms with Gasteiger partial charge in [0.1, 0.15) is 0 Å². The molecule has 2 fully saturated rings. The van der Waals surface area contributed by atoms with Crippen LogP contribution in [0.2, 0.25) is 0 Å². The van der Waals surface area contributed by atoms with Gasteiger partial charge in [0.25, 0.3) is 0 Å². The van der Waals surface area contributed by atoms with Crippen molar-refractivity contribution >= 4 is 39.2 Å². The zero-order valence-electron chi connectivity index (χ0n) is 19.8. The van der Waals surface area contributed by atoms with E-state index < -0.39 is 10.0 Å². The fourth-order valence-electron chi connectivity index (χ4n) is 3.62. The number of likely N-dealkylation sites (N-methyl/N-ethyl adjacent to an activating group) is 2. The predicted octanol–water partition coefficient (Wildman–Crippen LogP) is 0.135. The van der Waals surface area contributed by atoms with Gasteiger partial charge < -0.3 is 15.1 Å². The van der Waals surface area contributed by atoms with Crippen LogP contribution in [0.1, 0.15) is 0 Å². The van der Waals surface area contributed by atoms with Gasteiger partial charge in [-0.2, -0.15) is 15.0 Å². The van der Waals surface area contributed by atoms with Gasteiger partial charge in [0.2, 0.25) is 27.9 Å². The molecule has 2 saturated heterocycles. The van der Waals surface area contributed by atoms with E-state index in [9.17, 15) is 8.42 Å². The fourth-order valence-corrected chi connectivity index (χ4v) is 4.18. The number of hydrogen-bond acceptors (Lipinski definition) is 12. The number of aromatic nitrogens is 3. The Kier molecular flexibility index (Phi) is 7.63. The number of sulfonamides is 1. The number of rotatable bonds is 8. The molecule has 4 N–H and O–H groups in total. The monoisotopic (exact) mass is 491 g/mol. The van der Waals surface area contributed by atoms with Gasteiger partial charge in [0.15, 0.2) is 0 Å². The molecule has 4 rings (SSSR count). The number of hydrazine groups is 2. The second-order valence-corrected chi connectivity index (χ2v) is 10.4. The third kappa shape index (κ3) is 7.36. The summed E-state index contributed by atoms with van der Waals surface area (Å²) in [6.07, 6.45) is 1.12. The number of piperazine rings is 2. The van der Waals surface area contributed by atoms with Crippen LogP contribution in [0.25, 0.3) is 0 Å². The zero-order valence-corrected chi connectivity index (χ0v) is 20.6. The summed E-state index contributed by atoms with van der Waals surface area (Å²) in [5.41, 5.74) is 7.82. The molecule has 0 radical (unpaired) electrons. The third-order valence-electron chi connectivity index (χ3n) is 5.60. The fraction of sp³-hybridized carbons (Fsp3) is 0.550. The molecular formula is C20H33N11O2S. The van der Waals surface area contributed by atoms with Crippen molar-refractivity contribution in [2.75, 3.05) is 93.6 Å². The topological polar surface area (TPSA) is 134 Å². The molecule has 1 aromatic heterocycles. The van der Waals surface area contributed by atoms with Crippen molar-refractivity contribution in [1.82, 2.24) is 34.8 Å². The van der Waals surface area contributed by atoms with Crippen molar-refractivity contribution in [1.29, 1.82) is 0 Å². The Morgan fingerprint density at radius 2 is 1.09 bits per heavy atom. The van der Waals surface area contributed by atoms with Crippen molar-refractivity contribution in [2.45, 2.75) is 0 Å². The Morgan fingerprint density at radius 1 is 0.676 bits per heavy atom. The standard InChI is InChI=1S/C20H33N11O2S/c1-28-8-12-30(13-9-28)25-19-22-18(21-16-4-6-17(7-5-16)27-34(3,32)33)23-20(24-19)26-31-14-10-29(2)11-15-31/h4-7,27H,8-15H2,1-3H3,(H3,21,22,23,24,25,26). The first-order valence-electron chi connectivity index (χ1n) is 11.2. The Labute approximate surface area is 200 Å². The quantitative estimate of drug-likeness (QED) is 0.400. The van der Waals surface area contributed by atoms with Crippen molar-refractivity contribution in [3.05, 3.63) is 24.3 Å². The Hall–Kier alpha value is -2.78. The molecule has 186 valence electrons. The summed E-state index contributed by atoms with van der Waals surface area (Å²) in [4.78, 5) is 18.2. The SMILES string of the molecule is CN1CCN(Nc2nc(Nc3ccc(NS(C)(=O)=O)cc3)nc(NN3CCN(C)CC3)n2)CC1. The van der Waals surface area contributed by atoms with Gasteiger partial charge in [-0.1, -0.05) is 0 Å². The lowest BCUT2D eigenvalue weighted by atomic mass is 10.3. The second-order valence-electron chi connectivity index (χ2n) is 8.69. The average molecular weight is 492 g/mol. The van der Waals surface area contributed by atoms with Gasteiger partial charge >= 0.3 is 0 Å². The lowest BCUT2D eigenvalue weighted by molar-refractivity contribution is 0.176. The van der Waals surface area contributed by atoms with Crippen molar-refractivity contribution < 1.29 is 8.42 Å². The van der Waals surface area contributed by atoms with E-state index in [-0.39, 0.29) is 0 Å². The Morgan fingerprint density at radius 3 is 1.53 bits per heavy atom. The van der Waals surface area contributed by atoms with E-state index in [1.165, 1.54) is 0 Å². The molecular weight excluding hydrogens is 458 g/mol. The van der Waals surface area contributed by atoms with E-state index in [1.807, 2.05) is 0 Å². The highest BCUT2D eigenvalue weighted by molar-refractivity contribution is 7.92. The van der Waals surface area contributed by atoms with Gasteiger partial charge in [-0.3, -0.25) is 15.6 Å². The van der Waals surface area contributed by atoms with Crippen LogP contribution in [0.5, 0.6) is 0 Å². The molecule has 14 heteroatoms. The number of nitrogens with one attached hydrogen (secondary N) is 4. The van der Waals surface area contributed by atoms with Crippen LogP contribution >= 0.6 is 0 Å². The molecule has 13 nitrogen and oxygen atoms in total. The lowest BCUT2D eigenvalue weighted by Gasteiger charge is -2.33. The molecule has 1 aromatic carbocycles. The predicted molar refractivity (Wildman–Crippen MR) is 133 cm³/mol. The summed E-state index contributed by atoms with van der Waals surface area (Å²) in [5, 5.41) is 7.39. The first-order chi connectivity index (χ1) is 16.2. The van der Waals surface area contributed by atoms with E-state index in [4.69, 9.17) is 0 Å². The van der Waals surface area contributed by atoms with E-state index >= 15 is 0 Å². The molecule has 0 saturated carbocycles. The van der Waals surface area contributed by atoms with E-state index in [2.05, 4.69) is 69.8 Å². The maximum absolute atomic E-state index is 11.4. The molecule has 0 unspecified atom stereocenters. The molecule has 2 aromatic rings. The summed E-state index contributed by atoms with van der Waals surface area (Å²) in [7, 11) is 0.886. The van der Waals surface area contributed by atoms with Crippen LogP contribution in [0, 0.1) is 0 Å².